The Bertz CT molecular complexity index is 674. The standard InChI is InChI=1S/C18H22N2O3/c1-12(2)13-10-23-20-15-7-5-4-6-14(15)18(16(13)20)8-9-19(11-18)17(21)22-3/h4-7,13,16H,1,8-11H2,2-3H3/t13-,16-,18+/m0/s1. The van der Waals surface area contributed by atoms with Gasteiger partial charge in [-0.1, -0.05) is 30.4 Å². The fraction of sp³-hybridized carbons (Fsp3) is 0.500. The molecule has 5 nitrogen and oxygen atoms in total. The number of amides is 1. The van der Waals surface area contributed by atoms with Crippen molar-refractivity contribution in [3.05, 3.63) is 42.0 Å². The Balaban J connectivity index is 1.80. The number of hydrogen-bond donors (Lipinski definition) is 0. The van der Waals surface area contributed by atoms with Crippen LogP contribution < -0.4 is 5.06 Å². The van der Waals surface area contributed by atoms with Crippen molar-refractivity contribution in [1.29, 1.82) is 0 Å². The Hall–Kier alpha value is -2.01. The molecule has 3 atom stereocenters. The van der Waals surface area contributed by atoms with Crippen LogP contribution in [0.2, 0.25) is 0 Å². The second-order valence-corrected chi connectivity index (χ2v) is 6.83. The molecule has 2 saturated heterocycles. The minimum atomic E-state index is -0.247. The summed E-state index contributed by atoms with van der Waals surface area (Å²) in [7, 11) is 1.44. The molecule has 122 valence electrons. The second kappa shape index (κ2) is 4.99. The fourth-order valence-electron chi connectivity index (χ4n) is 4.56. The van der Waals surface area contributed by atoms with Gasteiger partial charge in [0.15, 0.2) is 0 Å². The maximum Gasteiger partial charge on any atom is 0.409 e. The van der Waals surface area contributed by atoms with Crippen LogP contribution in [-0.2, 0) is 15.0 Å². The second-order valence-electron chi connectivity index (χ2n) is 6.83. The molecule has 23 heavy (non-hydrogen) atoms. The number of carbonyl (C=O) groups excluding carboxylic acids is 1. The summed E-state index contributed by atoms with van der Waals surface area (Å²) in [5.41, 5.74) is 3.45. The van der Waals surface area contributed by atoms with Crippen LogP contribution in [0.4, 0.5) is 10.5 Å². The van der Waals surface area contributed by atoms with E-state index < -0.39 is 0 Å². The van der Waals surface area contributed by atoms with Gasteiger partial charge in [-0.05, 0) is 25.0 Å². The summed E-state index contributed by atoms with van der Waals surface area (Å²) in [4.78, 5) is 19.9. The van der Waals surface area contributed by atoms with E-state index in [-0.39, 0.29) is 23.5 Å². The highest BCUT2D eigenvalue weighted by molar-refractivity contribution is 5.71. The summed E-state index contributed by atoms with van der Waals surface area (Å²) >= 11 is 0. The average molecular weight is 314 g/mol. The van der Waals surface area contributed by atoms with E-state index in [1.54, 1.807) is 0 Å². The summed E-state index contributed by atoms with van der Waals surface area (Å²) in [6, 6.07) is 8.59. The van der Waals surface area contributed by atoms with Gasteiger partial charge in [0, 0.05) is 24.4 Å². The Morgan fingerprint density at radius 1 is 1.43 bits per heavy atom. The first kappa shape index (κ1) is 14.6. The van der Waals surface area contributed by atoms with E-state index in [0.29, 0.717) is 19.7 Å². The smallest absolute Gasteiger partial charge is 0.409 e. The van der Waals surface area contributed by atoms with Gasteiger partial charge in [0.25, 0.3) is 0 Å². The minimum Gasteiger partial charge on any atom is -0.453 e. The number of fused-ring (bicyclic) bond motifs is 5. The molecule has 5 heteroatoms. The molecule has 0 bridgehead atoms. The van der Waals surface area contributed by atoms with Crippen molar-refractivity contribution in [2.45, 2.75) is 24.8 Å². The molecule has 1 aromatic carbocycles. The minimum absolute atomic E-state index is 0.106. The third kappa shape index (κ3) is 1.86. The van der Waals surface area contributed by atoms with Gasteiger partial charge in [-0.3, -0.25) is 4.84 Å². The van der Waals surface area contributed by atoms with E-state index in [4.69, 9.17) is 9.57 Å². The predicted molar refractivity (Wildman–Crippen MR) is 87.2 cm³/mol. The van der Waals surface area contributed by atoms with E-state index >= 15 is 0 Å². The lowest BCUT2D eigenvalue weighted by Gasteiger charge is -2.34. The Morgan fingerprint density at radius 3 is 2.96 bits per heavy atom. The van der Waals surface area contributed by atoms with Gasteiger partial charge < -0.3 is 9.64 Å². The van der Waals surface area contributed by atoms with Gasteiger partial charge >= 0.3 is 6.09 Å². The Kier molecular flexibility index (Phi) is 3.17. The summed E-state index contributed by atoms with van der Waals surface area (Å²) in [6.45, 7) is 8.29. The number of likely N-dealkylation sites (tertiary alicyclic amines) is 1. The highest BCUT2D eigenvalue weighted by Gasteiger charge is 2.60. The number of anilines is 1. The van der Waals surface area contributed by atoms with Gasteiger partial charge in [-0.2, -0.15) is 0 Å². The van der Waals surface area contributed by atoms with Crippen molar-refractivity contribution < 1.29 is 14.4 Å². The van der Waals surface area contributed by atoms with Crippen LogP contribution in [0.3, 0.4) is 0 Å². The van der Waals surface area contributed by atoms with E-state index in [1.165, 1.54) is 12.7 Å². The van der Waals surface area contributed by atoms with Crippen LogP contribution in [0.5, 0.6) is 0 Å². The normalized spacial score (nSPS) is 31.4. The highest BCUT2D eigenvalue weighted by atomic mass is 16.7. The van der Waals surface area contributed by atoms with Gasteiger partial charge in [0.1, 0.15) is 0 Å². The zero-order valence-electron chi connectivity index (χ0n) is 13.6. The first-order chi connectivity index (χ1) is 11.1. The van der Waals surface area contributed by atoms with Crippen molar-refractivity contribution in [2.24, 2.45) is 5.92 Å². The molecule has 3 heterocycles. The lowest BCUT2D eigenvalue weighted by molar-refractivity contribution is 0.128. The number of hydrogen-bond acceptors (Lipinski definition) is 4. The number of ether oxygens (including phenoxy) is 1. The van der Waals surface area contributed by atoms with E-state index in [9.17, 15) is 4.79 Å². The Morgan fingerprint density at radius 2 is 2.22 bits per heavy atom. The maximum atomic E-state index is 12.0. The zero-order valence-corrected chi connectivity index (χ0v) is 13.6. The largest absolute Gasteiger partial charge is 0.453 e. The molecular formula is C18H22N2O3. The van der Waals surface area contributed by atoms with Crippen LogP contribution in [0.25, 0.3) is 0 Å². The molecular weight excluding hydrogens is 292 g/mol. The lowest BCUT2D eigenvalue weighted by atomic mass is 9.70. The van der Waals surface area contributed by atoms with Gasteiger partial charge in [-0.15, -0.1) is 0 Å². The van der Waals surface area contributed by atoms with E-state index in [1.807, 2.05) is 11.0 Å². The number of rotatable bonds is 1. The molecule has 3 aliphatic heterocycles. The first-order valence-electron chi connectivity index (χ1n) is 8.08. The van der Waals surface area contributed by atoms with Crippen LogP contribution in [0.1, 0.15) is 18.9 Å². The third-order valence-corrected chi connectivity index (χ3v) is 5.64. The van der Waals surface area contributed by atoms with Crippen LogP contribution in [-0.4, -0.2) is 43.8 Å². The third-order valence-electron chi connectivity index (χ3n) is 5.64. The van der Waals surface area contributed by atoms with Crippen LogP contribution in [0.15, 0.2) is 36.4 Å². The molecule has 1 spiro atoms. The number of benzene rings is 1. The van der Waals surface area contributed by atoms with Gasteiger partial charge in [-0.25, -0.2) is 9.86 Å². The lowest BCUT2D eigenvalue weighted by Crippen LogP contribution is -2.47. The molecule has 3 aliphatic rings. The summed E-state index contributed by atoms with van der Waals surface area (Å²) in [6.07, 6.45) is 0.677. The summed E-state index contributed by atoms with van der Waals surface area (Å²) in [5.74, 6) is 0.278. The molecule has 4 rings (SSSR count). The molecule has 1 aromatic rings. The monoisotopic (exact) mass is 314 g/mol. The topological polar surface area (TPSA) is 42.0 Å². The van der Waals surface area contributed by atoms with E-state index in [2.05, 4.69) is 36.8 Å². The molecule has 2 fully saturated rings. The first-order valence-corrected chi connectivity index (χ1v) is 8.08. The number of para-hydroxylation sites is 1. The highest BCUT2D eigenvalue weighted by Crippen LogP contribution is 2.55. The quantitative estimate of drug-likeness (QED) is 0.748. The van der Waals surface area contributed by atoms with Crippen LogP contribution in [0, 0.1) is 5.92 Å². The number of nitrogens with zero attached hydrogens (tertiary/aromatic N) is 2. The zero-order chi connectivity index (χ0) is 16.2. The molecule has 0 aromatic heterocycles. The summed E-state index contributed by atoms with van der Waals surface area (Å²) < 4.78 is 4.94. The van der Waals surface area contributed by atoms with Crippen LogP contribution >= 0.6 is 0 Å². The SMILES string of the molecule is C=C(C)[C@@H]1CON2c3ccccc3[C@]3(CCN(C(=O)OC)C3)[C@H]12. The summed E-state index contributed by atoms with van der Waals surface area (Å²) in [5, 5.41) is 2.06. The molecule has 0 radical (unpaired) electrons. The van der Waals surface area contributed by atoms with Crippen molar-refractivity contribution in [1.82, 2.24) is 4.90 Å². The molecule has 0 unspecified atom stereocenters. The molecule has 0 saturated carbocycles. The van der Waals surface area contributed by atoms with Gasteiger partial charge in [0.2, 0.25) is 0 Å². The van der Waals surface area contributed by atoms with Gasteiger partial charge in [0.05, 0.1) is 25.4 Å². The Labute approximate surface area is 136 Å². The maximum absolute atomic E-state index is 12.0. The van der Waals surface area contributed by atoms with Crippen molar-refractivity contribution >= 4 is 11.8 Å². The number of carbonyl (C=O) groups is 1. The molecule has 0 N–H and O–H groups in total. The molecule has 1 amide bonds. The molecule has 0 aliphatic carbocycles. The predicted octanol–water partition coefficient (Wildman–Crippen LogP) is 2.72. The number of methoxy groups -OCH3 is 1. The average Bonchev–Trinajstić information content (AvgIpc) is 3.24. The fourth-order valence-corrected chi connectivity index (χ4v) is 4.56. The van der Waals surface area contributed by atoms with Crippen molar-refractivity contribution in [3.63, 3.8) is 0 Å². The van der Waals surface area contributed by atoms with E-state index in [0.717, 1.165) is 17.7 Å². The van der Waals surface area contributed by atoms with Crippen molar-refractivity contribution in [2.75, 3.05) is 31.9 Å². The van der Waals surface area contributed by atoms with Crippen molar-refractivity contribution in [3.8, 4) is 0 Å². The number of hydroxylamine groups is 1.